The Kier molecular flexibility index (Phi) is 2.58. The number of hydrogen-bond acceptors (Lipinski definition) is 3. The normalized spacial score (nSPS) is 17.1. The number of pyridine rings is 1. The maximum absolute atomic E-state index is 11.7. The molecule has 1 saturated carbocycles. The molecule has 1 unspecified atom stereocenters. The minimum absolute atomic E-state index is 0.0155. The molecule has 1 atom stereocenters. The standard InChI is InChI=1S/C11H14N2O2/c1-7(8-2-3-8)13-11(15)9-4-10(14)6-12-5-9/h4-8,14H,2-3H2,1H3,(H,13,15). The summed E-state index contributed by atoms with van der Waals surface area (Å²) >= 11 is 0. The molecule has 4 nitrogen and oxygen atoms in total. The van der Waals surface area contributed by atoms with Crippen LogP contribution >= 0.6 is 0 Å². The summed E-state index contributed by atoms with van der Waals surface area (Å²) in [7, 11) is 0. The summed E-state index contributed by atoms with van der Waals surface area (Å²) in [6.45, 7) is 2.01. The summed E-state index contributed by atoms with van der Waals surface area (Å²) in [6.07, 6.45) is 5.15. The third-order valence-electron chi connectivity index (χ3n) is 2.67. The molecule has 1 fully saturated rings. The van der Waals surface area contributed by atoms with Crippen molar-refractivity contribution in [2.24, 2.45) is 5.92 Å². The van der Waals surface area contributed by atoms with Gasteiger partial charge in [0, 0.05) is 12.2 Å². The quantitative estimate of drug-likeness (QED) is 0.784. The van der Waals surface area contributed by atoms with Crippen LogP contribution in [0.25, 0.3) is 0 Å². The predicted octanol–water partition coefficient (Wildman–Crippen LogP) is 1.32. The SMILES string of the molecule is CC(NC(=O)c1cncc(O)c1)C1CC1. The zero-order valence-corrected chi connectivity index (χ0v) is 8.60. The van der Waals surface area contributed by atoms with Crippen molar-refractivity contribution < 1.29 is 9.90 Å². The van der Waals surface area contributed by atoms with Crippen molar-refractivity contribution in [2.45, 2.75) is 25.8 Å². The Bertz CT molecular complexity index is 375. The largest absolute Gasteiger partial charge is 0.506 e. The van der Waals surface area contributed by atoms with Crippen molar-refractivity contribution >= 4 is 5.91 Å². The molecule has 1 aromatic heterocycles. The molecular weight excluding hydrogens is 192 g/mol. The van der Waals surface area contributed by atoms with E-state index in [0.29, 0.717) is 11.5 Å². The summed E-state index contributed by atoms with van der Waals surface area (Å²) in [5.41, 5.74) is 0.405. The van der Waals surface area contributed by atoms with Gasteiger partial charge in [0.1, 0.15) is 5.75 Å². The molecule has 1 heterocycles. The monoisotopic (exact) mass is 206 g/mol. The van der Waals surface area contributed by atoms with Crippen molar-refractivity contribution in [3.63, 3.8) is 0 Å². The van der Waals surface area contributed by atoms with Gasteiger partial charge in [-0.2, -0.15) is 0 Å². The molecule has 1 aliphatic carbocycles. The molecular formula is C11H14N2O2. The van der Waals surface area contributed by atoms with Crippen molar-refractivity contribution in [2.75, 3.05) is 0 Å². The van der Waals surface area contributed by atoms with Crippen LogP contribution in [0.4, 0.5) is 0 Å². The van der Waals surface area contributed by atoms with E-state index in [1.165, 1.54) is 31.3 Å². The van der Waals surface area contributed by atoms with Gasteiger partial charge in [0.15, 0.2) is 0 Å². The summed E-state index contributed by atoms with van der Waals surface area (Å²) in [5.74, 6) is 0.471. The lowest BCUT2D eigenvalue weighted by Crippen LogP contribution is -2.33. The molecule has 0 bridgehead atoms. The summed E-state index contributed by atoms with van der Waals surface area (Å²) in [5, 5.41) is 12.1. The Morgan fingerprint density at radius 2 is 2.33 bits per heavy atom. The third kappa shape index (κ3) is 2.46. The van der Waals surface area contributed by atoms with Crippen molar-refractivity contribution in [3.8, 4) is 5.75 Å². The van der Waals surface area contributed by atoms with Crippen LogP contribution in [0.15, 0.2) is 18.5 Å². The van der Waals surface area contributed by atoms with Gasteiger partial charge in [0.25, 0.3) is 5.91 Å². The van der Waals surface area contributed by atoms with Crippen LogP contribution in [0.3, 0.4) is 0 Å². The molecule has 15 heavy (non-hydrogen) atoms. The van der Waals surface area contributed by atoms with E-state index < -0.39 is 0 Å². The molecule has 2 N–H and O–H groups in total. The Balaban J connectivity index is 2.00. The second-order valence-corrected chi connectivity index (χ2v) is 4.03. The molecule has 1 aliphatic rings. The number of aromatic nitrogens is 1. The van der Waals surface area contributed by atoms with Crippen molar-refractivity contribution in [1.29, 1.82) is 0 Å². The summed E-state index contributed by atoms with van der Waals surface area (Å²) < 4.78 is 0. The van der Waals surface area contributed by atoms with E-state index in [1.54, 1.807) is 0 Å². The van der Waals surface area contributed by atoms with Gasteiger partial charge in [0.05, 0.1) is 11.8 Å². The molecule has 2 rings (SSSR count). The van der Waals surface area contributed by atoms with E-state index in [2.05, 4.69) is 10.3 Å². The smallest absolute Gasteiger partial charge is 0.253 e. The van der Waals surface area contributed by atoms with E-state index in [4.69, 9.17) is 0 Å². The minimum atomic E-state index is -0.169. The van der Waals surface area contributed by atoms with Gasteiger partial charge < -0.3 is 10.4 Å². The zero-order chi connectivity index (χ0) is 10.8. The van der Waals surface area contributed by atoms with Gasteiger partial charge in [-0.25, -0.2) is 0 Å². The van der Waals surface area contributed by atoms with Crippen LogP contribution in [-0.4, -0.2) is 22.0 Å². The molecule has 0 aliphatic heterocycles. The molecule has 0 saturated heterocycles. The summed E-state index contributed by atoms with van der Waals surface area (Å²) in [4.78, 5) is 15.4. The Hall–Kier alpha value is -1.58. The highest BCUT2D eigenvalue weighted by Gasteiger charge is 2.29. The Morgan fingerprint density at radius 3 is 2.93 bits per heavy atom. The Morgan fingerprint density at radius 1 is 1.60 bits per heavy atom. The number of rotatable bonds is 3. The van der Waals surface area contributed by atoms with Crippen LogP contribution < -0.4 is 5.32 Å². The van der Waals surface area contributed by atoms with Crippen molar-refractivity contribution in [3.05, 3.63) is 24.0 Å². The molecule has 0 aromatic carbocycles. The first kappa shape index (κ1) is 9.96. The lowest BCUT2D eigenvalue weighted by Gasteiger charge is -2.12. The highest BCUT2D eigenvalue weighted by Crippen LogP contribution is 2.32. The van der Waals surface area contributed by atoms with E-state index in [0.717, 1.165) is 0 Å². The first-order valence-electron chi connectivity index (χ1n) is 5.11. The molecule has 1 aromatic rings. The fourth-order valence-electron chi connectivity index (χ4n) is 1.56. The fourth-order valence-corrected chi connectivity index (χ4v) is 1.56. The summed E-state index contributed by atoms with van der Waals surface area (Å²) in [6, 6.07) is 1.63. The molecule has 4 heteroatoms. The number of aromatic hydroxyl groups is 1. The predicted molar refractivity (Wildman–Crippen MR) is 55.6 cm³/mol. The maximum Gasteiger partial charge on any atom is 0.253 e. The van der Waals surface area contributed by atoms with Crippen molar-refractivity contribution in [1.82, 2.24) is 10.3 Å². The highest BCUT2D eigenvalue weighted by atomic mass is 16.3. The average molecular weight is 206 g/mol. The first-order valence-corrected chi connectivity index (χ1v) is 5.11. The van der Waals surface area contributed by atoms with Gasteiger partial charge in [-0.15, -0.1) is 0 Å². The topological polar surface area (TPSA) is 62.2 Å². The van der Waals surface area contributed by atoms with E-state index in [9.17, 15) is 9.90 Å². The van der Waals surface area contributed by atoms with Gasteiger partial charge in [0.2, 0.25) is 0 Å². The van der Waals surface area contributed by atoms with Crippen LogP contribution in [0.2, 0.25) is 0 Å². The number of nitrogens with zero attached hydrogens (tertiary/aromatic N) is 1. The third-order valence-corrected chi connectivity index (χ3v) is 2.67. The zero-order valence-electron chi connectivity index (χ0n) is 8.60. The number of hydrogen-bond donors (Lipinski definition) is 2. The number of amides is 1. The van der Waals surface area contributed by atoms with Crippen LogP contribution in [0.1, 0.15) is 30.1 Å². The lowest BCUT2D eigenvalue weighted by atomic mass is 10.2. The van der Waals surface area contributed by atoms with Gasteiger partial charge >= 0.3 is 0 Å². The lowest BCUT2D eigenvalue weighted by molar-refractivity contribution is 0.0935. The average Bonchev–Trinajstić information content (AvgIpc) is 3.00. The van der Waals surface area contributed by atoms with Crippen LogP contribution in [0.5, 0.6) is 5.75 Å². The van der Waals surface area contributed by atoms with E-state index >= 15 is 0 Å². The van der Waals surface area contributed by atoms with Crippen LogP contribution in [0, 0.1) is 5.92 Å². The second kappa shape index (κ2) is 3.88. The second-order valence-electron chi connectivity index (χ2n) is 4.03. The first-order chi connectivity index (χ1) is 7.16. The number of nitrogens with one attached hydrogen (secondary N) is 1. The molecule has 0 spiro atoms. The van der Waals surface area contributed by atoms with Gasteiger partial charge in [-0.3, -0.25) is 9.78 Å². The minimum Gasteiger partial charge on any atom is -0.506 e. The van der Waals surface area contributed by atoms with Gasteiger partial charge in [-0.1, -0.05) is 0 Å². The van der Waals surface area contributed by atoms with Crippen LogP contribution in [-0.2, 0) is 0 Å². The molecule has 1 amide bonds. The van der Waals surface area contributed by atoms with Gasteiger partial charge in [-0.05, 0) is 31.7 Å². The Labute approximate surface area is 88.3 Å². The fraction of sp³-hybridized carbons (Fsp3) is 0.455. The highest BCUT2D eigenvalue weighted by molar-refractivity contribution is 5.94. The van der Waals surface area contributed by atoms with E-state index in [-0.39, 0.29) is 17.7 Å². The number of carbonyl (C=O) groups is 1. The maximum atomic E-state index is 11.7. The molecule has 80 valence electrons. The van der Waals surface area contributed by atoms with E-state index in [1.807, 2.05) is 6.92 Å². The number of carbonyl (C=O) groups excluding carboxylic acids is 1. The molecule has 0 radical (unpaired) electrons.